The summed E-state index contributed by atoms with van der Waals surface area (Å²) < 4.78 is 7.43. The molecule has 162 valence electrons. The molecular formula is C25H29N3O3. The number of carbonyl (C=O) groups excluding carboxylic acids is 2. The highest BCUT2D eigenvalue weighted by Gasteiger charge is 2.47. The molecule has 2 aromatic carbocycles. The Bertz CT molecular complexity index is 1100. The summed E-state index contributed by atoms with van der Waals surface area (Å²) in [5.74, 6) is -0.678. The fourth-order valence-corrected chi connectivity index (χ4v) is 4.21. The first kappa shape index (κ1) is 21.1. The summed E-state index contributed by atoms with van der Waals surface area (Å²) in [5.41, 5.74) is 3.72. The highest BCUT2D eigenvalue weighted by Crippen LogP contribution is 2.41. The van der Waals surface area contributed by atoms with Gasteiger partial charge in [-0.15, -0.1) is 0 Å². The van der Waals surface area contributed by atoms with E-state index < -0.39 is 17.9 Å². The third kappa shape index (κ3) is 3.82. The number of hydrogen-bond donors (Lipinski definition) is 0. The monoisotopic (exact) mass is 419 g/mol. The molecule has 0 bridgehead atoms. The maximum absolute atomic E-state index is 13.7. The van der Waals surface area contributed by atoms with Crippen molar-refractivity contribution < 1.29 is 14.3 Å². The van der Waals surface area contributed by atoms with Gasteiger partial charge in [-0.3, -0.25) is 14.5 Å². The Labute approximate surface area is 182 Å². The summed E-state index contributed by atoms with van der Waals surface area (Å²) in [6.45, 7) is 8.76. The Morgan fingerprint density at radius 1 is 1.13 bits per heavy atom. The minimum Gasteiger partial charge on any atom is -0.465 e. The molecular weight excluding hydrogens is 390 g/mol. The molecule has 0 saturated heterocycles. The first-order valence-electron chi connectivity index (χ1n) is 10.9. The van der Waals surface area contributed by atoms with Gasteiger partial charge in [0.15, 0.2) is 5.92 Å². The number of carbonyl (C=O) groups is 2. The van der Waals surface area contributed by atoms with E-state index in [1.165, 1.54) is 0 Å². The average molecular weight is 420 g/mol. The van der Waals surface area contributed by atoms with Gasteiger partial charge in [0.1, 0.15) is 0 Å². The zero-order valence-corrected chi connectivity index (χ0v) is 18.5. The minimum absolute atomic E-state index is 0.229. The van der Waals surface area contributed by atoms with Crippen LogP contribution in [0.2, 0.25) is 0 Å². The van der Waals surface area contributed by atoms with Crippen LogP contribution in [-0.2, 0) is 14.3 Å². The SMILES string of the molecule is CCOC(=O)C1C(=O)N(CCC(C)C)c2nc3ccccc3n2C1c1ccc(C)cc1. The fourth-order valence-electron chi connectivity index (χ4n) is 4.21. The number of esters is 1. The predicted octanol–water partition coefficient (Wildman–Crippen LogP) is 4.51. The Morgan fingerprint density at radius 2 is 1.84 bits per heavy atom. The molecule has 1 aliphatic heterocycles. The van der Waals surface area contributed by atoms with Crippen molar-refractivity contribution >= 4 is 28.9 Å². The van der Waals surface area contributed by atoms with Gasteiger partial charge in [-0.2, -0.15) is 0 Å². The number of fused-ring (bicyclic) bond motifs is 3. The fraction of sp³-hybridized carbons (Fsp3) is 0.400. The molecule has 6 nitrogen and oxygen atoms in total. The van der Waals surface area contributed by atoms with Gasteiger partial charge < -0.3 is 9.30 Å². The summed E-state index contributed by atoms with van der Waals surface area (Å²) >= 11 is 0. The molecule has 31 heavy (non-hydrogen) atoms. The lowest BCUT2D eigenvalue weighted by atomic mass is 9.89. The average Bonchev–Trinajstić information content (AvgIpc) is 3.12. The van der Waals surface area contributed by atoms with Crippen molar-refractivity contribution in [3.63, 3.8) is 0 Å². The lowest BCUT2D eigenvalue weighted by molar-refractivity contribution is -0.153. The normalized spacial score (nSPS) is 18.5. The van der Waals surface area contributed by atoms with Crippen LogP contribution in [0.1, 0.15) is 44.4 Å². The van der Waals surface area contributed by atoms with Crippen molar-refractivity contribution in [1.82, 2.24) is 9.55 Å². The molecule has 4 rings (SSSR count). The molecule has 0 spiro atoms. The molecule has 2 atom stereocenters. The van der Waals surface area contributed by atoms with Gasteiger partial charge in [-0.1, -0.05) is 55.8 Å². The van der Waals surface area contributed by atoms with E-state index >= 15 is 0 Å². The Kier molecular flexibility index (Phi) is 5.81. The van der Waals surface area contributed by atoms with E-state index in [-0.39, 0.29) is 12.5 Å². The molecule has 1 amide bonds. The van der Waals surface area contributed by atoms with Crippen molar-refractivity contribution in [2.75, 3.05) is 18.1 Å². The van der Waals surface area contributed by atoms with Gasteiger partial charge in [-0.25, -0.2) is 4.98 Å². The highest BCUT2D eigenvalue weighted by molar-refractivity contribution is 6.08. The summed E-state index contributed by atoms with van der Waals surface area (Å²) in [5, 5.41) is 0. The number of aromatic nitrogens is 2. The van der Waals surface area contributed by atoms with Crippen LogP contribution in [-0.4, -0.2) is 34.6 Å². The summed E-state index contributed by atoms with van der Waals surface area (Å²) in [6.07, 6.45) is 0.819. The first-order chi connectivity index (χ1) is 14.9. The molecule has 0 saturated carbocycles. The van der Waals surface area contributed by atoms with Crippen molar-refractivity contribution in [3.05, 3.63) is 59.7 Å². The molecule has 2 unspecified atom stereocenters. The number of aryl methyl sites for hydroxylation is 1. The van der Waals surface area contributed by atoms with Crippen LogP contribution < -0.4 is 4.90 Å². The lowest BCUT2D eigenvalue weighted by Gasteiger charge is -2.38. The van der Waals surface area contributed by atoms with Crippen LogP contribution in [0, 0.1) is 18.8 Å². The number of nitrogens with zero attached hydrogens (tertiary/aromatic N) is 3. The van der Waals surface area contributed by atoms with Crippen molar-refractivity contribution in [2.45, 2.75) is 40.2 Å². The number of ether oxygens (including phenoxy) is 1. The van der Waals surface area contributed by atoms with Crippen LogP contribution in [0.15, 0.2) is 48.5 Å². The van der Waals surface area contributed by atoms with Gasteiger partial charge in [-0.05, 0) is 43.9 Å². The number of imidazole rings is 1. The Morgan fingerprint density at radius 3 is 2.52 bits per heavy atom. The molecule has 2 heterocycles. The van der Waals surface area contributed by atoms with Gasteiger partial charge in [0.05, 0.1) is 23.7 Å². The van der Waals surface area contributed by atoms with Gasteiger partial charge in [0.2, 0.25) is 11.9 Å². The predicted molar refractivity (Wildman–Crippen MR) is 121 cm³/mol. The molecule has 1 aliphatic rings. The van der Waals surface area contributed by atoms with Gasteiger partial charge >= 0.3 is 5.97 Å². The van der Waals surface area contributed by atoms with Gasteiger partial charge in [0.25, 0.3) is 0 Å². The topological polar surface area (TPSA) is 64.4 Å². The van der Waals surface area contributed by atoms with Crippen molar-refractivity contribution in [3.8, 4) is 0 Å². The van der Waals surface area contributed by atoms with E-state index in [4.69, 9.17) is 9.72 Å². The molecule has 1 aromatic heterocycles. The zero-order valence-electron chi connectivity index (χ0n) is 18.5. The third-order valence-electron chi connectivity index (χ3n) is 5.83. The summed E-state index contributed by atoms with van der Waals surface area (Å²) in [4.78, 5) is 33.3. The minimum atomic E-state index is -0.958. The number of rotatable bonds is 6. The number of hydrogen-bond acceptors (Lipinski definition) is 4. The summed E-state index contributed by atoms with van der Waals surface area (Å²) in [7, 11) is 0. The lowest BCUT2D eigenvalue weighted by Crippen LogP contribution is -2.50. The van der Waals surface area contributed by atoms with Crippen LogP contribution in [0.4, 0.5) is 5.95 Å². The van der Waals surface area contributed by atoms with Crippen molar-refractivity contribution in [1.29, 1.82) is 0 Å². The molecule has 0 aliphatic carbocycles. The maximum atomic E-state index is 13.7. The first-order valence-corrected chi connectivity index (χ1v) is 10.9. The molecule has 0 radical (unpaired) electrons. The van der Waals surface area contributed by atoms with Gasteiger partial charge in [0, 0.05) is 6.54 Å². The Hall–Kier alpha value is -3.15. The number of anilines is 1. The standard InChI is InChI=1S/C25H29N3O3/c1-5-31-24(30)21-22(18-12-10-17(4)11-13-18)28-20-9-7-6-8-19(20)26-25(28)27(23(21)29)15-14-16(2)3/h6-13,16,21-22H,5,14-15H2,1-4H3. The van der Waals surface area contributed by atoms with E-state index in [2.05, 4.69) is 13.8 Å². The second-order valence-electron chi connectivity index (χ2n) is 8.53. The molecule has 6 heteroatoms. The van der Waals surface area contributed by atoms with E-state index in [0.29, 0.717) is 18.4 Å². The second-order valence-corrected chi connectivity index (χ2v) is 8.53. The highest BCUT2D eigenvalue weighted by atomic mass is 16.5. The van der Waals surface area contributed by atoms with Crippen LogP contribution >= 0.6 is 0 Å². The Balaban J connectivity index is 1.95. The number of amides is 1. The number of benzene rings is 2. The summed E-state index contributed by atoms with van der Waals surface area (Å²) in [6, 6.07) is 15.3. The van der Waals surface area contributed by atoms with E-state index in [0.717, 1.165) is 28.6 Å². The van der Waals surface area contributed by atoms with Crippen LogP contribution in [0.3, 0.4) is 0 Å². The number of para-hydroxylation sites is 2. The molecule has 3 aromatic rings. The van der Waals surface area contributed by atoms with E-state index in [1.807, 2.05) is 60.0 Å². The maximum Gasteiger partial charge on any atom is 0.321 e. The largest absolute Gasteiger partial charge is 0.465 e. The molecule has 0 N–H and O–H groups in total. The van der Waals surface area contributed by atoms with E-state index in [9.17, 15) is 9.59 Å². The smallest absolute Gasteiger partial charge is 0.321 e. The quantitative estimate of drug-likeness (QED) is 0.436. The van der Waals surface area contributed by atoms with Crippen LogP contribution in [0.25, 0.3) is 11.0 Å². The zero-order chi connectivity index (χ0) is 22.1. The van der Waals surface area contributed by atoms with Crippen LogP contribution in [0.5, 0.6) is 0 Å². The van der Waals surface area contributed by atoms with Crippen molar-refractivity contribution in [2.24, 2.45) is 11.8 Å². The second kappa shape index (κ2) is 8.53. The van der Waals surface area contributed by atoms with E-state index in [1.54, 1.807) is 11.8 Å². The third-order valence-corrected chi connectivity index (χ3v) is 5.83. The molecule has 0 fully saturated rings.